The zero-order valence-corrected chi connectivity index (χ0v) is 9.93. The molecule has 7 heteroatoms. The monoisotopic (exact) mass is 255 g/mol. The van der Waals surface area contributed by atoms with Crippen LogP contribution in [0.3, 0.4) is 0 Å². The first-order valence-electron chi connectivity index (χ1n) is 5.55. The van der Waals surface area contributed by atoms with Gasteiger partial charge in [-0.3, -0.25) is 10.1 Å². The van der Waals surface area contributed by atoms with Crippen LogP contribution in [0.25, 0.3) is 0 Å². The van der Waals surface area contributed by atoms with Crippen molar-refractivity contribution in [1.82, 2.24) is 0 Å². The van der Waals surface area contributed by atoms with Crippen molar-refractivity contribution in [2.45, 2.75) is 12.5 Å². The number of halogens is 1. The molecule has 0 spiro atoms. The van der Waals surface area contributed by atoms with E-state index in [9.17, 15) is 14.5 Å². The summed E-state index contributed by atoms with van der Waals surface area (Å²) < 4.78 is 18.8. The Bertz CT molecular complexity index is 481. The Morgan fingerprint density at radius 2 is 2.33 bits per heavy atom. The molecule has 1 saturated heterocycles. The van der Waals surface area contributed by atoms with Crippen molar-refractivity contribution < 1.29 is 14.1 Å². The van der Waals surface area contributed by atoms with E-state index in [0.29, 0.717) is 18.8 Å². The lowest BCUT2D eigenvalue weighted by atomic mass is 10.2. The number of hydrogen-bond donors (Lipinski definition) is 1. The minimum atomic E-state index is -0.665. The van der Waals surface area contributed by atoms with Gasteiger partial charge < -0.3 is 15.4 Å². The van der Waals surface area contributed by atoms with Gasteiger partial charge in [0, 0.05) is 25.2 Å². The Labute approximate surface area is 103 Å². The number of nitro groups is 1. The maximum Gasteiger partial charge on any atom is 0.313 e. The number of nitrogens with two attached hydrogens (primary N) is 1. The molecule has 0 amide bonds. The van der Waals surface area contributed by atoms with Crippen LogP contribution in [0.1, 0.15) is 6.42 Å². The average molecular weight is 255 g/mol. The number of anilines is 1. The predicted molar refractivity (Wildman–Crippen MR) is 64.4 cm³/mol. The molecule has 2 N–H and O–H groups in total. The first-order chi connectivity index (χ1) is 8.52. The molecular formula is C11H14FN3O3. The first kappa shape index (κ1) is 12.6. The van der Waals surface area contributed by atoms with Crippen LogP contribution in [0, 0.1) is 15.9 Å². The molecule has 2 rings (SSSR count). The van der Waals surface area contributed by atoms with Gasteiger partial charge in [-0.15, -0.1) is 0 Å². The van der Waals surface area contributed by atoms with Crippen molar-refractivity contribution in [3.05, 3.63) is 28.1 Å². The number of hydrogen-bond acceptors (Lipinski definition) is 5. The van der Waals surface area contributed by atoms with Gasteiger partial charge in [-0.1, -0.05) is 0 Å². The van der Waals surface area contributed by atoms with Crippen LogP contribution in [0.5, 0.6) is 5.75 Å². The molecule has 1 aromatic rings. The fourth-order valence-corrected chi connectivity index (χ4v) is 2.09. The highest BCUT2D eigenvalue weighted by Crippen LogP contribution is 2.35. The largest absolute Gasteiger partial charge is 0.490 e. The van der Waals surface area contributed by atoms with Crippen LogP contribution >= 0.6 is 0 Å². The van der Waals surface area contributed by atoms with E-state index >= 15 is 0 Å². The fourth-order valence-electron chi connectivity index (χ4n) is 2.09. The van der Waals surface area contributed by atoms with E-state index in [1.165, 1.54) is 13.2 Å². The summed E-state index contributed by atoms with van der Waals surface area (Å²) in [5.41, 5.74) is 5.68. The Morgan fingerprint density at radius 1 is 1.61 bits per heavy atom. The van der Waals surface area contributed by atoms with E-state index in [1.54, 1.807) is 4.90 Å². The number of methoxy groups -OCH3 is 1. The number of nitro benzene ring substituents is 1. The summed E-state index contributed by atoms with van der Waals surface area (Å²) in [6.07, 6.45) is 0.777. The second-order valence-corrected chi connectivity index (χ2v) is 4.23. The maximum absolute atomic E-state index is 13.9. The van der Waals surface area contributed by atoms with Crippen molar-refractivity contribution in [2.75, 3.05) is 25.1 Å². The zero-order chi connectivity index (χ0) is 13.3. The number of benzene rings is 1. The van der Waals surface area contributed by atoms with E-state index in [1.807, 2.05) is 0 Å². The minimum absolute atomic E-state index is 0.00517. The highest BCUT2D eigenvalue weighted by molar-refractivity contribution is 5.60. The molecule has 6 nitrogen and oxygen atoms in total. The lowest BCUT2D eigenvalue weighted by Crippen LogP contribution is -2.26. The molecule has 0 saturated carbocycles. The summed E-state index contributed by atoms with van der Waals surface area (Å²) in [6.45, 7) is 1.18. The van der Waals surface area contributed by atoms with E-state index in [-0.39, 0.29) is 17.5 Å². The molecule has 1 aliphatic rings. The third-order valence-electron chi connectivity index (χ3n) is 3.01. The smallest absolute Gasteiger partial charge is 0.313 e. The van der Waals surface area contributed by atoms with Crippen molar-refractivity contribution in [1.29, 1.82) is 0 Å². The number of nitrogens with zero attached hydrogens (tertiary/aromatic N) is 2. The third kappa shape index (κ3) is 2.21. The van der Waals surface area contributed by atoms with E-state index in [4.69, 9.17) is 10.5 Å². The molecule has 1 unspecified atom stereocenters. The number of ether oxygens (including phenoxy) is 1. The molecule has 1 aliphatic heterocycles. The van der Waals surface area contributed by atoms with Gasteiger partial charge in [0.25, 0.3) is 0 Å². The molecule has 1 aromatic carbocycles. The summed E-state index contributed by atoms with van der Waals surface area (Å²) in [5.74, 6) is -0.575. The lowest BCUT2D eigenvalue weighted by molar-refractivity contribution is -0.385. The van der Waals surface area contributed by atoms with Crippen molar-refractivity contribution >= 4 is 11.4 Å². The van der Waals surface area contributed by atoms with Crippen LogP contribution in [0.2, 0.25) is 0 Å². The molecule has 0 radical (unpaired) electrons. The maximum atomic E-state index is 13.9. The summed E-state index contributed by atoms with van der Waals surface area (Å²) in [5, 5.41) is 10.7. The van der Waals surface area contributed by atoms with Crippen LogP contribution in [0.4, 0.5) is 15.8 Å². The second kappa shape index (κ2) is 4.77. The van der Waals surface area contributed by atoms with Crippen LogP contribution in [0.15, 0.2) is 12.1 Å². The minimum Gasteiger partial charge on any atom is -0.490 e. The van der Waals surface area contributed by atoms with E-state index in [0.717, 1.165) is 12.5 Å². The fraction of sp³-hybridized carbons (Fsp3) is 0.455. The predicted octanol–water partition coefficient (Wildman–Crippen LogP) is 1.28. The molecule has 0 aromatic heterocycles. The van der Waals surface area contributed by atoms with Gasteiger partial charge in [-0.2, -0.15) is 0 Å². The summed E-state index contributed by atoms with van der Waals surface area (Å²) in [7, 11) is 1.32. The Balaban J connectivity index is 2.40. The Morgan fingerprint density at radius 3 is 2.83 bits per heavy atom. The standard InChI is InChI=1S/C11H14FN3O3/c1-18-11-5-9(14-3-2-7(13)6-14)8(12)4-10(11)15(16)17/h4-5,7H,2-3,6,13H2,1H3. The first-order valence-corrected chi connectivity index (χ1v) is 5.55. The normalized spacial score (nSPS) is 19.1. The molecule has 1 heterocycles. The van der Waals surface area contributed by atoms with Gasteiger partial charge in [0.1, 0.15) is 0 Å². The quantitative estimate of drug-likeness (QED) is 0.650. The zero-order valence-electron chi connectivity index (χ0n) is 9.93. The SMILES string of the molecule is COc1cc(N2CCC(N)C2)c(F)cc1[N+](=O)[O-]. The number of rotatable bonds is 3. The molecule has 1 atom stereocenters. The second-order valence-electron chi connectivity index (χ2n) is 4.23. The van der Waals surface area contributed by atoms with Crippen LogP contribution < -0.4 is 15.4 Å². The van der Waals surface area contributed by atoms with Crippen molar-refractivity contribution in [3.8, 4) is 5.75 Å². The molecule has 98 valence electrons. The molecular weight excluding hydrogens is 241 g/mol. The van der Waals surface area contributed by atoms with Gasteiger partial charge in [-0.25, -0.2) is 4.39 Å². The average Bonchev–Trinajstić information content (AvgIpc) is 2.75. The van der Waals surface area contributed by atoms with Crippen LogP contribution in [-0.4, -0.2) is 31.2 Å². The summed E-state index contributed by atoms with van der Waals surface area (Å²) in [6, 6.07) is 2.24. The lowest BCUT2D eigenvalue weighted by Gasteiger charge is -2.19. The van der Waals surface area contributed by atoms with E-state index in [2.05, 4.69) is 0 Å². The summed E-state index contributed by atoms with van der Waals surface area (Å²) in [4.78, 5) is 11.8. The highest BCUT2D eigenvalue weighted by atomic mass is 19.1. The van der Waals surface area contributed by atoms with Gasteiger partial charge in [0.15, 0.2) is 11.6 Å². The third-order valence-corrected chi connectivity index (χ3v) is 3.01. The molecule has 0 aliphatic carbocycles. The summed E-state index contributed by atoms with van der Waals surface area (Å²) >= 11 is 0. The van der Waals surface area contributed by atoms with E-state index < -0.39 is 10.7 Å². The molecule has 18 heavy (non-hydrogen) atoms. The van der Waals surface area contributed by atoms with Crippen molar-refractivity contribution in [2.24, 2.45) is 5.73 Å². The van der Waals surface area contributed by atoms with Crippen LogP contribution in [-0.2, 0) is 0 Å². The topological polar surface area (TPSA) is 81.6 Å². The highest BCUT2D eigenvalue weighted by Gasteiger charge is 2.26. The van der Waals surface area contributed by atoms with Gasteiger partial charge >= 0.3 is 5.69 Å². The van der Waals surface area contributed by atoms with Gasteiger partial charge in [0.05, 0.1) is 23.8 Å². The van der Waals surface area contributed by atoms with Crippen molar-refractivity contribution in [3.63, 3.8) is 0 Å². The Kier molecular flexibility index (Phi) is 3.33. The van der Waals surface area contributed by atoms with Gasteiger partial charge in [-0.05, 0) is 6.42 Å². The molecule has 0 bridgehead atoms. The van der Waals surface area contributed by atoms with Gasteiger partial charge in [0.2, 0.25) is 0 Å². The molecule has 1 fully saturated rings. The Hall–Kier alpha value is -1.89.